The Kier molecular flexibility index (Phi) is 9.89. The number of fused-ring (bicyclic) bond motifs is 1. The van der Waals surface area contributed by atoms with Gasteiger partial charge in [0.15, 0.2) is 24.3 Å². The molecule has 0 bridgehead atoms. The number of esters is 1. The van der Waals surface area contributed by atoms with Crippen molar-refractivity contribution < 1.29 is 61.3 Å². The third kappa shape index (κ3) is 8.52. The molecule has 5 atom stereocenters. The van der Waals surface area contributed by atoms with E-state index in [1.165, 1.54) is 6.92 Å². The van der Waals surface area contributed by atoms with Crippen LogP contribution in [-0.2, 0) is 51.7 Å². The third-order valence-corrected chi connectivity index (χ3v) is 7.44. The van der Waals surface area contributed by atoms with Crippen LogP contribution in [-0.4, -0.2) is 91.3 Å². The largest absolute Gasteiger partial charge is 0.534 e. The first-order chi connectivity index (χ1) is 17.2. The second-order valence-corrected chi connectivity index (χ2v) is 13.7. The number of carbonyl (C=O) groups is 3. The van der Waals surface area contributed by atoms with Crippen molar-refractivity contribution in [2.24, 2.45) is 0 Å². The molecule has 0 aromatic heterocycles. The van der Waals surface area contributed by atoms with Gasteiger partial charge in [-0.3, -0.25) is 9.36 Å². The van der Waals surface area contributed by atoms with Gasteiger partial charge >= 0.3 is 25.8 Å². The lowest BCUT2D eigenvalue weighted by atomic mass is 10.1. The Morgan fingerprint density at radius 2 is 1.53 bits per heavy atom. The molecule has 2 aliphatic rings. The number of hydrogen-bond donors (Lipinski definition) is 0. The van der Waals surface area contributed by atoms with E-state index in [1.54, 1.807) is 55.4 Å². The molecule has 15 heteroatoms. The van der Waals surface area contributed by atoms with Gasteiger partial charge in [0.2, 0.25) is 0 Å². The summed E-state index contributed by atoms with van der Waals surface area (Å²) in [6.45, 7) is 13.5. The van der Waals surface area contributed by atoms with Crippen LogP contribution < -0.4 is 0 Å². The summed E-state index contributed by atoms with van der Waals surface area (Å²) in [5.74, 6) is -1.72. The minimum Gasteiger partial charge on any atom is -0.457 e. The van der Waals surface area contributed by atoms with E-state index in [0.29, 0.717) is 5.06 Å². The Morgan fingerprint density at radius 1 is 0.974 bits per heavy atom. The summed E-state index contributed by atoms with van der Waals surface area (Å²) in [7, 11) is -1.86. The van der Waals surface area contributed by atoms with Crippen LogP contribution in [0.1, 0.15) is 62.3 Å². The summed E-state index contributed by atoms with van der Waals surface area (Å²) in [6, 6.07) is 0. The van der Waals surface area contributed by atoms with Gasteiger partial charge in [-0.15, -0.1) is 5.06 Å². The monoisotopic (exact) mass is 569 g/mol. The molecule has 2 fully saturated rings. The van der Waals surface area contributed by atoms with Crippen molar-refractivity contribution in [3.05, 3.63) is 0 Å². The summed E-state index contributed by atoms with van der Waals surface area (Å²) in [5, 5.41) is 0.530. The number of nitrogens with zero attached hydrogens (tertiary/aromatic N) is 1. The maximum Gasteiger partial charge on any atom is 0.534 e. The number of hydroxylamine groups is 2. The van der Waals surface area contributed by atoms with Crippen LogP contribution >= 0.6 is 7.60 Å². The zero-order valence-corrected chi connectivity index (χ0v) is 24.7. The summed E-state index contributed by atoms with van der Waals surface area (Å²) in [5.41, 5.74) is -3.31. The lowest BCUT2D eigenvalue weighted by molar-refractivity contribution is -0.220. The summed E-state index contributed by atoms with van der Waals surface area (Å²) in [6.07, 6.45) is -6.62. The molecular weight excluding hydrogens is 529 g/mol. The lowest BCUT2D eigenvalue weighted by Crippen LogP contribution is -2.50. The Bertz CT molecular complexity index is 917. The second-order valence-electron chi connectivity index (χ2n) is 11.2. The third-order valence-electron chi connectivity index (χ3n) is 5.15. The Labute approximate surface area is 222 Å². The Balaban J connectivity index is 2.49. The molecule has 14 nitrogen and oxygen atoms in total. The highest BCUT2D eigenvalue weighted by Gasteiger charge is 2.61. The van der Waals surface area contributed by atoms with Crippen LogP contribution in [0.15, 0.2) is 0 Å². The standard InChI is InChI=1S/C23H40NO13P/c1-13(25)31-16-15(32-18-17(16)33-23(8,9)34-18)14(38(28,29-10)30-11)12-24(19(26)35-21(2,3)4)37-20(27)36-22(5,6)7/h14-18H,12H2,1-11H3/t14-,15-,16+,17-,18-/m1/s1. The van der Waals surface area contributed by atoms with Crippen LogP contribution in [0.5, 0.6) is 0 Å². The van der Waals surface area contributed by atoms with E-state index in [-0.39, 0.29) is 0 Å². The number of amides is 1. The number of rotatable bonds is 7. The quantitative estimate of drug-likeness (QED) is 0.189. The predicted molar refractivity (Wildman–Crippen MR) is 130 cm³/mol. The Hall–Kier alpha value is -1.96. The summed E-state index contributed by atoms with van der Waals surface area (Å²) >= 11 is 0. The molecule has 0 N–H and O–H groups in total. The average molecular weight is 570 g/mol. The lowest BCUT2D eigenvalue weighted by Gasteiger charge is -2.35. The van der Waals surface area contributed by atoms with Crippen LogP contribution in [0.2, 0.25) is 0 Å². The topological polar surface area (TPSA) is 155 Å². The minimum absolute atomic E-state index is 0.530. The maximum absolute atomic E-state index is 13.8. The summed E-state index contributed by atoms with van der Waals surface area (Å²) in [4.78, 5) is 42.8. The van der Waals surface area contributed by atoms with Crippen molar-refractivity contribution in [3.63, 3.8) is 0 Å². The van der Waals surface area contributed by atoms with Crippen molar-refractivity contribution in [1.29, 1.82) is 0 Å². The van der Waals surface area contributed by atoms with E-state index in [1.807, 2.05) is 0 Å². The van der Waals surface area contributed by atoms with E-state index in [0.717, 1.165) is 14.2 Å². The second kappa shape index (κ2) is 11.6. The zero-order chi connectivity index (χ0) is 29.3. The van der Waals surface area contributed by atoms with Gasteiger partial charge in [0, 0.05) is 21.1 Å². The van der Waals surface area contributed by atoms with Crippen molar-refractivity contribution >= 4 is 25.8 Å². The van der Waals surface area contributed by atoms with E-state index in [2.05, 4.69) is 0 Å². The SMILES string of the molecule is COP(=O)(OC)[C@H](CN(OC(=O)OC(C)(C)C)C(=O)OC(C)(C)C)[C@H]1O[C@@H]2OC(C)(C)O[C@@H]2[C@H]1OC(C)=O. The van der Waals surface area contributed by atoms with E-state index >= 15 is 0 Å². The van der Waals surface area contributed by atoms with Gasteiger partial charge in [0.05, 0.1) is 6.54 Å². The fraction of sp³-hybridized carbons (Fsp3) is 0.870. The van der Waals surface area contributed by atoms with Gasteiger partial charge in [-0.2, -0.15) is 0 Å². The van der Waals surface area contributed by atoms with Crippen molar-refractivity contribution in [1.82, 2.24) is 5.06 Å². The van der Waals surface area contributed by atoms with Crippen LogP contribution in [0.4, 0.5) is 9.59 Å². The van der Waals surface area contributed by atoms with Gasteiger partial charge in [-0.1, -0.05) is 0 Å². The molecule has 0 aliphatic carbocycles. The van der Waals surface area contributed by atoms with Gasteiger partial charge < -0.3 is 42.3 Å². The van der Waals surface area contributed by atoms with Gasteiger partial charge in [-0.25, -0.2) is 9.59 Å². The molecule has 0 radical (unpaired) electrons. The van der Waals surface area contributed by atoms with Crippen molar-refractivity contribution in [2.75, 3.05) is 20.8 Å². The molecular formula is C23H40NO13P. The first-order valence-corrected chi connectivity index (χ1v) is 13.6. The van der Waals surface area contributed by atoms with Gasteiger partial charge in [0.25, 0.3) is 0 Å². The molecule has 2 heterocycles. The predicted octanol–water partition coefficient (Wildman–Crippen LogP) is 3.75. The molecule has 220 valence electrons. The maximum atomic E-state index is 13.8. The highest BCUT2D eigenvalue weighted by molar-refractivity contribution is 7.54. The van der Waals surface area contributed by atoms with Crippen molar-refractivity contribution in [3.8, 4) is 0 Å². The van der Waals surface area contributed by atoms with Crippen molar-refractivity contribution in [2.45, 2.75) is 110 Å². The molecule has 0 spiro atoms. The first kappa shape index (κ1) is 32.3. The summed E-state index contributed by atoms with van der Waals surface area (Å²) < 4.78 is 57.9. The number of hydrogen-bond acceptors (Lipinski definition) is 13. The van der Waals surface area contributed by atoms with E-state index in [4.69, 9.17) is 42.3 Å². The van der Waals surface area contributed by atoms with Crippen LogP contribution in [0.25, 0.3) is 0 Å². The Morgan fingerprint density at radius 3 is 2.00 bits per heavy atom. The highest BCUT2D eigenvalue weighted by atomic mass is 31.2. The molecule has 0 unspecified atom stereocenters. The van der Waals surface area contributed by atoms with E-state index < -0.39 is 79.6 Å². The molecule has 2 rings (SSSR count). The van der Waals surface area contributed by atoms with E-state index in [9.17, 15) is 18.9 Å². The molecule has 38 heavy (non-hydrogen) atoms. The van der Waals surface area contributed by atoms with Crippen LogP contribution in [0, 0.1) is 0 Å². The van der Waals surface area contributed by atoms with Gasteiger partial charge in [0.1, 0.15) is 23.0 Å². The number of carbonyl (C=O) groups excluding carboxylic acids is 3. The normalized spacial score (nSPS) is 25.8. The molecule has 2 saturated heterocycles. The zero-order valence-electron chi connectivity index (χ0n) is 23.8. The average Bonchev–Trinajstić information content (AvgIpc) is 3.19. The fourth-order valence-corrected chi connectivity index (χ4v) is 5.50. The molecule has 0 aromatic carbocycles. The molecule has 2 aliphatic heterocycles. The number of ether oxygens (including phenoxy) is 6. The highest BCUT2D eigenvalue weighted by Crippen LogP contribution is 2.56. The minimum atomic E-state index is -4.13. The first-order valence-electron chi connectivity index (χ1n) is 12.0. The fourth-order valence-electron chi connectivity index (χ4n) is 3.86. The van der Waals surface area contributed by atoms with Gasteiger partial charge in [-0.05, 0) is 55.4 Å². The molecule has 0 saturated carbocycles. The molecule has 0 aromatic rings. The van der Waals surface area contributed by atoms with Crippen LogP contribution in [0.3, 0.4) is 0 Å². The molecule has 1 amide bonds. The smallest absolute Gasteiger partial charge is 0.457 e.